The molecular weight excluding hydrogens is 397 g/mol. The third kappa shape index (κ3) is 6.26. The van der Waals surface area contributed by atoms with Crippen LogP contribution in [0.2, 0.25) is 0 Å². The molecule has 7 heteroatoms. The van der Waals surface area contributed by atoms with Gasteiger partial charge < -0.3 is 15.0 Å². The van der Waals surface area contributed by atoms with E-state index in [-0.39, 0.29) is 29.6 Å². The number of amides is 2. The van der Waals surface area contributed by atoms with Crippen LogP contribution in [0.1, 0.15) is 50.9 Å². The van der Waals surface area contributed by atoms with Crippen molar-refractivity contribution in [2.45, 2.75) is 58.8 Å². The van der Waals surface area contributed by atoms with Crippen molar-refractivity contribution < 1.29 is 18.7 Å². The van der Waals surface area contributed by atoms with Crippen LogP contribution in [0.5, 0.6) is 0 Å². The summed E-state index contributed by atoms with van der Waals surface area (Å²) in [6, 6.07) is 5.18. The number of hydrogen-bond acceptors (Lipinski definition) is 4. The molecule has 2 aliphatic heterocycles. The number of piperidine rings is 1. The zero-order valence-corrected chi connectivity index (χ0v) is 19.1. The summed E-state index contributed by atoms with van der Waals surface area (Å²) < 4.78 is 19.8. The summed E-state index contributed by atoms with van der Waals surface area (Å²) in [6.07, 6.45) is 2.43. The van der Waals surface area contributed by atoms with Crippen molar-refractivity contribution in [3.05, 3.63) is 35.6 Å². The number of carbonyl (C=O) groups excluding carboxylic acids is 2. The molecule has 0 bridgehead atoms. The van der Waals surface area contributed by atoms with Gasteiger partial charge in [0.25, 0.3) is 5.91 Å². The van der Waals surface area contributed by atoms with Gasteiger partial charge in [0.15, 0.2) is 0 Å². The van der Waals surface area contributed by atoms with E-state index in [0.717, 1.165) is 32.5 Å². The van der Waals surface area contributed by atoms with Crippen LogP contribution in [0.3, 0.4) is 0 Å². The van der Waals surface area contributed by atoms with E-state index in [1.54, 1.807) is 12.1 Å². The second kappa shape index (κ2) is 10.6. The Morgan fingerprint density at radius 3 is 2.32 bits per heavy atom. The predicted octanol–water partition coefficient (Wildman–Crippen LogP) is 2.93. The van der Waals surface area contributed by atoms with Crippen molar-refractivity contribution >= 4 is 11.8 Å². The molecule has 0 radical (unpaired) electrons. The van der Waals surface area contributed by atoms with Crippen molar-refractivity contribution in [1.82, 2.24) is 15.1 Å². The smallest absolute Gasteiger partial charge is 0.254 e. The lowest BCUT2D eigenvalue weighted by molar-refractivity contribution is -0.136. The molecule has 3 rings (SSSR count). The molecule has 2 saturated heterocycles. The van der Waals surface area contributed by atoms with E-state index in [4.69, 9.17) is 4.74 Å². The standard InChI is InChI=1S/C24H36FN3O3/c1-16(2)22(26-23(29)20-7-5-6-8-21(20)25)24(30)28-11-9-19(10-12-28)15-27-13-17(3)31-18(4)14-27/h5-8,16-19,22H,9-15H2,1-4H3,(H,26,29). The highest BCUT2D eigenvalue weighted by Crippen LogP contribution is 2.22. The number of carbonyl (C=O) groups is 2. The van der Waals surface area contributed by atoms with Crippen molar-refractivity contribution in [3.8, 4) is 0 Å². The average molecular weight is 434 g/mol. The fourth-order valence-electron chi connectivity index (χ4n) is 4.71. The van der Waals surface area contributed by atoms with Crippen LogP contribution in [0.15, 0.2) is 24.3 Å². The van der Waals surface area contributed by atoms with Crippen LogP contribution in [-0.4, -0.2) is 72.6 Å². The zero-order valence-electron chi connectivity index (χ0n) is 19.1. The summed E-state index contributed by atoms with van der Waals surface area (Å²) in [5.41, 5.74) is -0.0337. The normalized spacial score (nSPS) is 24.3. The molecular formula is C24H36FN3O3. The lowest BCUT2D eigenvalue weighted by Gasteiger charge is -2.40. The van der Waals surface area contributed by atoms with E-state index in [9.17, 15) is 14.0 Å². The van der Waals surface area contributed by atoms with Gasteiger partial charge in [0.2, 0.25) is 5.91 Å². The van der Waals surface area contributed by atoms with Crippen LogP contribution in [-0.2, 0) is 9.53 Å². The first-order valence-corrected chi connectivity index (χ1v) is 11.5. The minimum absolute atomic E-state index is 0.0337. The summed E-state index contributed by atoms with van der Waals surface area (Å²) in [5.74, 6) is -0.728. The fourth-order valence-corrected chi connectivity index (χ4v) is 4.71. The van der Waals surface area contributed by atoms with Gasteiger partial charge in [-0.25, -0.2) is 4.39 Å². The number of ether oxygens (including phenoxy) is 1. The Bertz CT molecular complexity index is 754. The summed E-state index contributed by atoms with van der Waals surface area (Å²) in [7, 11) is 0. The number of hydrogen-bond donors (Lipinski definition) is 1. The largest absolute Gasteiger partial charge is 0.373 e. The maximum Gasteiger partial charge on any atom is 0.254 e. The molecule has 1 aromatic carbocycles. The molecule has 0 spiro atoms. The first kappa shape index (κ1) is 23.7. The quantitative estimate of drug-likeness (QED) is 0.749. The van der Waals surface area contributed by atoms with Gasteiger partial charge in [-0.3, -0.25) is 14.5 Å². The number of likely N-dealkylation sites (tertiary alicyclic amines) is 1. The summed E-state index contributed by atoms with van der Waals surface area (Å²) >= 11 is 0. The monoisotopic (exact) mass is 433 g/mol. The molecule has 3 atom stereocenters. The highest BCUT2D eigenvalue weighted by molar-refractivity contribution is 5.97. The SMILES string of the molecule is CC1CN(CC2CCN(C(=O)C(NC(=O)c3ccccc3F)C(C)C)CC2)CC(C)O1. The Labute approximate surface area is 185 Å². The number of nitrogens with zero attached hydrogens (tertiary/aromatic N) is 2. The molecule has 2 heterocycles. The molecule has 172 valence electrons. The molecule has 31 heavy (non-hydrogen) atoms. The topological polar surface area (TPSA) is 61.9 Å². The Hall–Kier alpha value is -1.99. The van der Waals surface area contributed by atoms with E-state index in [1.165, 1.54) is 12.1 Å². The minimum Gasteiger partial charge on any atom is -0.373 e. The minimum atomic E-state index is -0.662. The summed E-state index contributed by atoms with van der Waals surface area (Å²) in [5, 5.41) is 2.76. The Morgan fingerprint density at radius 2 is 1.74 bits per heavy atom. The molecule has 2 amide bonds. The second-order valence-corrected chi connectivity index (χ2v) is 9.42. The van der Waals surface area contributed by atoms with Gasteiger partial charge in [-0.1, -0.05) is 26.0 Å². The summed E-state index contributed by atoms with van der Waals surface area (Å²) in [4.78, 5) is 30.1. The molecule has 3 unspecified atom stereocenters. The van der Waals surface area contributed by atoms with E-state index in [0.29, 0.717) is 19.0 Å². The highest BCUT2D eigenvalue weighted by atomic mass is 19.1. The zero-order chi connectivity index (χ0) is 22.5. The predicted molar refractivity (Wildman–Crippen MR) is 118 cm³/mol. The van der Waals surface area contributed by atoms with E-state index >= 15 is 0 Å². The molecule has 6 nitrogen and oxygen atoms in total. The third-order valence-corrected chi connectivity index (χ3v) is 6.28. The Balaban J connectivity index is 1.54. The molecule has 0 aromatic heterocycles. The number of morpholine rings is 1. The summed E-state index contributed by atoms with van der Waals surface area (Å²) in [6.45, 7) is 12.4. The maximum absolute atomic E-state index is 14.0. The van der Waals surface area contributed by atoms with Gasteiger partial charge in [-0.15, -0.1) is 0 Å². The van der Waals surface area contributed by atoms with Gasteiger partial charge in [0, 0.05) is 32.7 Å². The van der Waals surface area contributed by atoms with Crippen LogP contribution in [0.25, 0.3) is 0 Å². The van der Waals surface area contributed by atoms with Crippen molar-refractivity contribution in [2.75, 3.05) is 32.7 Å². The van der Waals surface area contributed by atoms with Crippen molar-refractivity contribution in [3.63, 3.8) is 0 Å². The number of halogens is 1. The first-order valence-electron chi connectivity index (χ1n) is 11.5. The molecule has 2 aliphatic rings. The van der Waals surface area contributed by atoms with E-state index in [2.05, 4.69) is 24.1 Å². The molecule has 1 aromatic rings. The van der Waals surface area contributed by atoms with E-state index < -0.39 is 17.8 Å². The van der Waals surface area contributed by atoms with Crippen molar-refractivity contribution in [1.29, 1.82) is 0 Å². The average Bonchev–Trinajstić information content (AvgIpc) is 2.71. The second-order valence-electron chi connectivity index (χ2n) is 9.42. The molecule has 1 N–H and O–H groups in total. The lowest BCUT2D eigenvalue weighted by atomic mass is 9.94. The third-order valence-electron chi connectivity index (χ3n) is 6.28. The number of nitrogens with one attached hydrogen (secondary N) is 1. The Kier molecular flexibility index (Phi) is 8.06. The van der Waals surface area contributed by atoms with Gasteiger partial charge in [0.1, 0.15) is 11.9 Å². The Morgan fingerprint density at radius 1 is 1.13 bits per heavy atom. The van der Waals surface area contributed by atoms with Crippen LogP contribution in [0.4, 0.5) is 4.39 Å². The van der Waals surface area contributed by atoms with Crippen LogP contribution in [0, 0.1) is 17.7 Å². The first-order chi connectivity index (χ1) is 14.7. The fraction of sp³-hybridized carbons (Fsp3) is 0.667. The van der Waals surface area contributed by atoms with Crippen molar-refractivity contribution in [2.24, 2.45) is 11.8 Å². The van der Waals surface area contributed by atoms with Crippen LogP contribution < -0.4 is 5.32 Å². The van der Waals surface area contributed by atoms with E-state index in [1.807, 2.05) is 18.7 Å². The van der Waals surface area contributed by atoms with Gasteiger partial charge in [-0.2, -0.15) is 0 Å². The lowest BCUT2D eigenvalue weighted by Crippen LogP contribution is -2.54. The van der Waals surface area contributed by atoms with Crippen LogP contribution >= 0.6 is 0 Å². The maximum atomic E-state index is 14.0. The van der Waals surface area contributed by atoms with Gasteiger partial charge in [0.05, 0.1) is 17.8 Å². The number of rotatable bonds is 6. The molecule has 2 fully saturated rings. The molecule has 0 aliphatic carbocycles. The number of benzene rings is 1. The molecule has 0 saturated carbocycles. The van der Waals surface area contributed by atoms with Gasteiger partial charge >= 0.3 is 0 Å². The highest BCUT2D eigenvalue weighted by Gasteiger charge is 2.33. The van der Waals surface area contributed by atoms with Gasteiger partial charge in [-0.05, 0) is 50.7 Å².